The van der Waals surface area contributed by atoms with Crippen molar-refractivity contribution < 1.29 is 55.4 Å². The van der Waals surface area contributed by atoms with Gasteiger partial charge in [-0.2, -0.15) is 8.42 Å². The molecule has 0 spiro atoms. The van der Waals surface area contributed by atoms with E-state index in [4.69, 9.17) is 36.0 Å². The number of nitrogens with zero attached hydrogens (tertiary/aromatic N) is 2. The first-order chi connectivity index (χ1) is 19.0. The zero-order valence-corrected chi connectivity index (χ0v) is 25.9. The van der Waals surface area contributed by atoms with Crippen LogP contribution in [0.3, 0.4) is 0 Å². The summed E-state index contributed by atoms with van der Waals surface area (Å²) in [5.41, 5.74) is 0. The van der Waals surface area contributed by atoms with Gasteiger partial charge in [-0.15, -0.1) is 0 Å². The fraction of sp³-hybridized carbons (Fsp3) is 0.417. The van der Waals surface area contributed by atoms with Crippen LogP contribution in [0.25, 0.3) is 0 Å². The van der Waals surface area contributed by atoms with E-state index in [1.165, 1.54) is 13.8 Å². The van der Waals surface area contributed by atoms with Gasteiger partial charge in [0, 0.05) is 0 Å². The van der Waals surface area contributed by atoms with Gasteiger partial charge in [0.2, 0.25) is 0 Å². The molecule has 0 bridgehead atoms. The van der Waals surface area contributed by atoms with E-state index in [2.05, 4.69) is 9.49 Å². The molecule has 2 aromatic carbocycles. The van der Waals surface area contributed by atoms with Gasteiger partial charge >= 0.3 is 38.7 Å². The van der Waals surface area contributed by atoms with Crippen LogP contribution in [0.1, 0.15) is 41.5 Å². The molecule has 14 nitrogen and oxygen atoms in total. The summed E-state index contributed by atoms with van der Waals surface area (Å²) in [4.78, 5) is 46.0. The van der Waals surface area contributed by atoms with E-state index in [1.54, 1.807) is 76.2 Å². The summed E-state index contributed by atoms with van der Waals surface area (Å²) < 4.78 is 59.1. The van der Waals surface area contributed by atoms with Crippen molar-refractivity contribution in [1.82, 2.24) is 0 Å². The summed E-state index contributed by atoms with van der Waals surface area (Å²) in [5, 5.41) is 0. The van der Waals surface area contributed by atoms with Crippen molar-refractivity contribution in [3.8, 4) is 11.5 Å². The van der Waals surface area contributed by atoms with Crippen molar-refractivity contribution in [3.63, 3.8) is 0 Å². The Morgan fingerprint density at radius 2 is 0.951 bits per heavy atom. The minimum atomic E-state index is -4.67. The van der Waals surface area contributed by atoms with Gasteiger partial charge in [-0.1, -0.05) is 45.9 Å². The summed E-state index contributed by atoms with van der Waals surface area (Å²) in [6, 6.07) is 15.7. The van der Waals surface area contributed by atoms with E-state index in [1.807, 2.05) is 12.1 Å². The first-order valence-electron chi connectivity index (χ1n) is 11.9. The SMILES string of the molecule is CC(C)OC(=O)[C@H](C)N=[P+]([O-])Oc1ccccc1.CC(C)OC(=O)[C@H](C)N=[P+]([O-])Oc1ccccc1.O=S(=O)(O)O. The standard InChI is InChI=1S/2C12H16NO4P.H2O4S/c2*1-9(2)16-12(14)10(3)13-18(15)17-11-7-5-4-6-8-11;1-5(2,3)4/h2*4-10H,1-3H3;(H2,1,2,3,4)/t2*10-;/m00./s1. The Hall–Kier alpha value is -3.03. The lowest BCUT2D eigenvalue weighted by molar-refractivity contribution is -0.170. The van der Waals surface area contributed by atoms with Crippen molar-refractivity contribution >= 4 is 38.7 Å². The van der Waals surface area contributed by atoms with Crippen LogP contribution >= 0.6 is 16.3 Å². The lowest BCUT2D eigenvalue weighted by atomic mass is 10.3. The summed E-state index contributed by atoms with van der Waals surface area (Å²) in [6.07, 6.45) is -0.439. The number of rotatable bonds is 10. The van der Waals surface area contributed by atoms with E-state index < -0.39 is 50.8 Å². The molecule has 0 saturated heterocycles. The Balaban J connectivity index is 0.000000671. The van der Waals surface area contributed by atoms with Crippen LogP contribution < -0.4 is 18.8 Å². The third kappa shape index (κ3) is 22.4. The van der Waals surface area contributed by atoms with Crippen LogP contribution in [0.5, 0.6) is 11.5 Å². The normalized spacial score (nSPS) is 13.1. The molecule has 2 rings (SSSR count). The number of carbonyl (C=O) groups excluding carboxylic acids is 2. The molecule has 0 aliphatic heterocycles. The fourth-order valence-electron chi connectivity index (χ4n) is 2.23. The number of benzene rings is 2. The number of esters is 2. The van der Waals surface area contributed by atoms with Crippen molar-refractivity contribution in [2.24, 2.45) is 9.49 Å². The highest BCUT2D eigenvalue weighted by Gasteiger charge is 2.20. The van der Waals surface area contributed by atoms with E-state index in [9.17, 15) is 19.4 Å². The average Bonchev–Trinajstić information content (AvgIpc) is 2.83. The highest BCUT2D eigenvalue weighted by Crippen LogP contribution is 2.24. The highest BCUT2D eigenvalue weighted by molar-refractivity contribution is 7.79. The molecule has 0 aliphatic carbocycles. The average molecular weight is 637 g/mol. The van der Waals surface area contributed by atoms with E-state index in [0.29, 0.717) is 11.5 Å². The third-order valence-electron chi connectivity index (χ3n) is 3.77. The number of carbonyl (C=O) groups is 2. The Bertz CT molecular complexity index is 1140. The second-order valence-corrected chi connectivity index (χ2v) is 11.0. The minimum Gasteiger partial charge on any atom is -0.575 e. The highest BCUT2D eigenvalue weighted by atomic mass is 32.3. The quantitative estimate of drug-likeness (QED) is 0.216. The smallest absolute Gasteiger partial charge is 0.395 e. The zero-order valence-electron chi connectivity index (χ0n) is 23.3. The largest absolute Gasteiger partial charge is 0.575 e. The molecule has 0 amide bonds. The number of ether oxygens (including phenoxy) is 2. The van der Waals surface area contributed by atoms with Crippen LogP contribution in [-0.4, -0.2) is 53.8 Å². The van der Waals surface area contributed by atoms with Gasteiger partial charge < -0.3 is 19.3 Å². The molecule has 41 heavy (non-hydrogen) atoms. The molecule has 2 N–H and O–H groups in total. The Kier molecular flexibility index (Phi) is 18.5. The Labute approximate surface area is 241 Å². The van der Waals surface area contributed by atoms with Crippen molar-refractivity contribution in [3.05, 3.63) is 60.7 Å². The van der Waals surface area contributed by atoms with E-state index in [-0.39, 0.29) is 12.2 Å². The topological polar surface area (TPSA) is 216 Å². The van der Waals surface area contributed by atoms with E-state index >= 15 is 0 Å². The lowest BCUT2D eigenvalue weighted by Crippen LogP contribution is -2.21. The summed E-state index contributed by atoms with van der Waals surface area (Å²) in [6.45, 7) is 10.0. The molecule has 4 atom stereocenters. The van der Waals surface area contributed by atoms with Gasteiger partial charge in [-0.05, 0) is 65.8 Å². The molecule has 17 heteroatoms. The summed E-state index contributed by atoms with van der Waals surface area (Å²) in [5.74, 6) is -0.117. The van der Waals surface area contributed by atoms with Crippen LogP contribution in [0.15, 0.2) is 70.2 Å². The molecule has 0 aromatic heterocycles. The summed E-state index contributed by atoms with van der Waals surface area (Å²) in [7, 11) is -9.23. The molecule has 0 fully saturated rings. The monoisotopic (exact) mass is 636 g/mol. The van der Waals surface area contributed by atoms with Gasteiger partial charge in [0.05, 0.1) is 12.2 Å². The van der Waals surface area contributed by atoms with Crippen LogP contribution in [-0.2, 0) is 29.5 Å². The molecule has 0 heterocycles. The third-order valence-corrected chi connectivity index (χ3v) is 5.58. The molecular weight excluding hydrogens is 602 g/mol. The predicted molar refractivity (Wildman–Crippen MR) is 148 cm³/mol. The van der Waals surface area contributed by atoms with Crippen molar-refractivity contribution in [2.75, 3.05) is 0 Å². The second-order valence-electron chi connectivity index (χ2n) is 8.29. The van der Waals surface area contributed by atoms with E-state index in [0.717, 1.165) is 0 Å². The molecule has 0 radical (unpaired) electrons. The molecule has 2 aromatic rings. The lowest BCUT2D eigenvalue weighted by Gasteiger charge is -2.08. The number of hydrogen-bond acceptors (Lipinski definition) is 12. The molecule has 0 aliphatic rings. The van der Waals surface area contributed by atoms with Crippen molar-refractivity contribution in [2.45, 2.75) is 65.8 Å². The van der Waals surface area contributed by atoms with Gasteiger partial charge in [0.25, 0.3) is 0 Å². The first-order valence-corrected chi connectivity index (χ1v) is 15.6. The number of para-hydroxylation sites is 2. The molecule has 2 unspecified atom stereocenters. The zero-order chi connectivity index (χ0) is 31.6. The Morgan fingerprint density at radius 3 is 1.20 bits per heavy atom. The summed E-state index contributed by atoms with van der Waals surface area (Å²) >= 11 is 0. The van der Waals surface area contributed by atoms with Crippen LogP contribution in [0, 0.1) is 0 Å². The predicted octanol–water partition coefficient (Wildman–Crippen LogP) is 3.87. The van der Waals surface area contributed by atoms with Crippen LogP contribution in [0.2, 0.25) is 0 Å². The van der Waals surface area contributed by atoms with Crippen molar-refractivity contribution in [1.29, 1.82) is 0 Å². The Morgan fingerprint density at radius 1 is 0.683 bits per heavy atom. The maximum Gasteiger partial charge on any atom is 0.395 e. The van der Waals surface area contributed by atoms with Gasteiger partial charge in [-0.25, -0.2) is 9.59 Å². The molecule has 0 saturated carbocycles. The van der Waals surface area contributed by atoms with Gasteiger partial charge in [0.1, 0.15) is 0 Å². The molecule has 228 valence electrons. The van der Waals surface area contributed by atoms with Crippen LogP contribution in [0.4, 0.5) is 0 Å². The second kappa shape index (κ2) is 19.9. The number of hydrogen-bond donors (Lipinski definition) is 2. The maximum atomic E-state index is 11.6. The fourth-order valence-corrected chi connectivity index (χ4v) is 3.68. The van der Waals surface area contributed by atoms with Gasteiger partial charge in [-0.3, -0.25) is 18.2 Å². The first kappa shape index (κ1) is 38.0. The maximum absolute atomic E-state index is 11.6. The minimum absolute atomic E-state index is 0.219. The van der Waals surface area contributed by atoms with Gasteiger partial charge in [0.15, 0.2) is 23.6 Å². The molecular formula is C24H34N2O12P2S.